The molecule has 6 nitrogen and oxygen atoms in total. The summed E-state index contributed by atoms with van der Waals surface area (Å²) in [5.41, 5.74) is 3.25. The number of benzene rings is 1. The average molecular weight is 367 g/mol. The Morgan fingerprint density at radius 2 is 2.00 bits per heavy atom. The predicted octanol–water partition coefficient (Wildman–Crippen LogP) is 3.37. The van der Waals surface area contributed by atoms with Crippen molar-refractivity contribution < 1.29 is 14.4 Å². The molecule has 0 aliphatic carbocycles. The number of rotatable bonds is 4. The van der Waals surface area contributed by atoms with Gasteiger partial charge in [0.05, 0.1) is 10.6 Å². The van der Waals surface area contributed by atoms with Crippen molar-refractivity contribution in [1.82, 2.24) is 9.88 Å². The zero-order valence-corrected chi connectivity index (χ0v) is 15.2. The highest BCUT2D eigenvalue weighted by Crippen LogP contribution is 2.31. The number of carbonyl (C=O) groups is 3. The Hall–Kier alpha value is -2.93. The lowest BCUT2D eigenvalue weighted by Gasteiger charge is -2.14. The Morgan fingerprint density at radius 1 is 1.19 bits per heavy atom. The molecule has 3 amide bonds. The van der Waals surface area contributed by atoms with Crippen molar-refractivity contribution in [2.45, 2.75) is 13.8 Å². The van der Waals surface area contributed by atoms with Crippen LogP contribution in [0.25, 0.3) is 6.08 Å². The van der Waals surface area contributed by atoms with E-state index < -0.39 is 17.1 Å². The molecule has 2 heterocycles. The number of thioether (sulfide) groups is 1. The second-order valence-electron chi connectivity index (χ2n) is 5.82. The first-order valence-electron chi connectivity index (χ1n) is 7.98. The van der Waals surface area contributed by atoms with Crippen LogP contribution >= 0.6 is 11.8 Å². The highest BCUT2D eigenvalue weighted by molar-refractivity contribution is 8.18. The van der Waals surface area contributed by atoms with Crippen LogP contribution < -0.4 is 5.32 Å². The maximum absolute atomic E-state index is 12.4. The van der Waals surface area contributed by atoms with Crippen molar-refractivity contribution in [2.24, 2.45) is 0 Å². The van der Waals surface area contributed by atoms with Gasteiger partial charge in [0, 0.05) is 11.9 Å². The van der Waals surface area contributed by atoms with Crippen LogP contribution in [0.15, 0.2) is 47.5 Å². The molecule has 0 unspecified atom stereocenters. The lowest BCUT2D eigenvalue weighted by molar-refractivity contribution is -0.127. The van der Waals surface area contributed by atoms with E-state index >= 15 is 0 Å². The van der Waals surface area contributed by atoms with Gasteiger partial charge in [-0.25, -0.2) is 0 Å². The molecular weight excluding hydrogens is 350 g/mol. The molecule has 132 valence electrons. The monoisotopic (exact) mass is 367 g/mol. The number of hydrogen-bond donors (Lipinski definition) is 1. The maximum Gasteiger partial charge on any atom is 0.294 e. The van der Waals surface area contributed by atoms with E-state index in [-0.39, 0.29) is 11.4 Å². The van der Waals surface area contributed by atoms with Gasteiger partial charge in [-0.2, -0.15) is 0 Å². The summed E-state index contributed by atoms with van der Waals surface area (Å²) in [5, 5.41) is 2.29. The molecule has 1 aromatic heterocycles. The number of aromatic nitrogens is 1. The van der Waals surface area contributed by atoms with E-state index in [1.54, 1.807) is 36.5 Å². The number of nitrogens with one attached hydrogen (secondary N) is 1. The van der Waals surface area contributed by atoms with Gasteiger partial charge in [0.15, 0.2) is 0 Å². The second kappa shape index (κ2) is 7.53. The minimum Gasteiger partial charge on any atom is -0.324 e. The quantitative estimate of drug-likeness (QED) is 0.838. The van der Waals surface area contributed by atoms with Crippen LogP contribution in [-0.2, 0) is 9.59 Å². The van der Waals surface area contributed by atoms with Gasteiger partial charge in [-0.1, -0.05) is 18.2 Å². The average Bonchev–Trinajstić information content (AvgIpc) is 2.87. The van der Waals surface area contributed by atoms with E-state index in [0.29, 0.717) is 11.4 Å². The normalized spacial score (nSPS) is 15.6. The second-order valence-corrected chi connectivity index (χ2v) is 6.81. The number of hydrogen-bond acceptors (Lipinski definition) is 5. The van der Waals surface area contributed by atoms with E-state index in [1.807, 2.05) is 26.0 Å². The van der Waals surface area contributed by atoms with Gasteiger partial charge in [0.1, 0.15) is 6.54 Å². The SMILES string of the molecule is Cc1cccc(NC(=O)CN2C(=O)S/C(=C\c3ccccn3)C2=O)c1C. The summed E-state index contributed by atoms with van der Waals surface area (Å²) in [6.45, 7) is 3.53. The van der Waals surface area contributed by atoms with Crippen molar-refractivity contribution in [2.75, 3.05) is 11.9 Å². The number of imide groups is 1. The summed E-state index contributed by atoms with van der Waals surface area (Å²) in [6, 6.07) is 10.9. The lowest BCUT2D eigenvalue weighted by Crippen LogP contribution is -2.36. The summed E-state index contributed by atoms with van der Waals surface area (Å²) in [5.74, 6) is -0.901. The molecule has 0 spiro atoms. The number of amides is 3. The first-order chi connectivity index (χ1) is 12.5. The number of aryl methyl sites for hydroxylation is 1. The predicted molar refractivity (Wildman–Crippen MR) is 101 cm³/mol. The van der Waals surface area contributed by atoms with Crippen molar-refractivity contribution in [3.63, 3.8) is 0 Å². The molecule has 0 radical (unpaired) electrons. The number of carbonyl (C=O) groups excluding carboxylic acids is 3. The standard InChI is InChI=1S/C19H17N3O3S/c1-12-6-5-8-15(13(12)2)21-17(23)11-22-18(24)16(26-19(22)25)10-14-7-3-4-9-20-14/h3-10H,11H2,1-2H3,(H,21,23)/b16-10-. The van der Waals surface area contributed by atoms with Crippen LogP contribution in [0.3, 0.4) is 0 Å². The summed E-state index contributed by atoms with van der Waals surface area (Å²) in [6.07, 6.45) is 3.15. The Bertz CT molecular complexity index is 910. The van der Waals surface area contributed by atoms with Crippen molar-refractivity contribution >= 4 is 40.6 Å². The van der Waals surface area contributed by atoms with Crippen LogP contribution in [0, 0.1) is 13.8 Å². The molecule has 26 heavy (non-hydrogen) atoms. The van der Waals surface area contributed by atoms with Gasteiger partial charge < -0.3 is 5.32 Å². The zero-order chi connectivity index (χ0) is 18.7. The van der Waals surface area contributed by atoms with Crippen LogP contribution in [0.1, 0.15) is 16.8 Å². The smallest absolute Gasteiger partial charge is 0.294 e. The highest BCUT2D eigenvalue weighted by Gasteiger charge is 2.36. The molecule has 0 saturated carbocycles. The minimum absolute atomic E-state index is 0.258. The molecule has 7 heteroatoms. The van der Waals surface area contributed by atoms with Gasteiger partial charge in [-0.15, -0.1) is 0 Å². The molecule has 1 aromatic carbocycles. The van der Waals surface area contributed by atoms with Gasteiger partial charge in [0.25, 0.3) is 11.1 Å². The maximum atomic E-state index is 12.4. The number of nitrogens with zero attached hydrogens (tertiary/aromatic N) is 2. The minimum atomic E-state index is -0.484. The van der Waals surface area contributed by atoms with E-state index in [4.69, 9.17) is 0 Å². The van der Waals surface area contributed by atoms with Crippen LogP contribution in [-0.4, -0.2) is 33.5 Å². The van der Waals surface area contributed by atoms with E-state index in [1.165, 1.54) is 0 Å². The molecule has 1 saturated heterocycles. The first-order valence-corrected chi connectivity index (χ1v) is 8.80. The topological polar surface area (TPSA) is 79.4 Å². The fourth-order valence-electron chi connectivity index (χ4n) is 2.45. The number of anilines is 1. The summed E-state index contributed by atoms with van der Waals surface area (Å²) < 4.78 is 0. The van der Waals surface area contributed by atoms with Gasteiger partial charge in [-0.3, -0.25) is 24.3 Å². The molecule has 1 fully saturated rings. The van der Waals surface area contributed by atoms with Gasteiger partial charge in [-0.05, 0) is 61.0 Å². The largest absolute Gasteiger partial charge is 0.324 e. The molecule has 1 N–H and O–H groups in total. The molecule has 1 aliphatic heterocycles. The fourth-order valence-corrected chi connectivity index (χ4v) is 3.27. The van der Waals surface area contributed by atoms with E-state index in [2.05, 4.69) is 10.3 Å². The van der Waals surface area contributed by atoms with Gasteiger partial charge >= 0.3 is 0 Å². The zero-order valence-electron chi connectivity index (χ0n) is 14.4. The highest BCUT2D eigenvalue weighted by atomic mass is 32.2. The van der Waals surface area contributed by atoms with E-state index in [0.717, 1.165) is 27.8 Å². The lowest BCUT2D eigenvalue weighted by atomic mass is 10.1. The third-order valence-corrected chi connectivity index (χ3v) is 4.93. The summed E-state index contributed by atoms with van der Waals surface area (Å²) >= 11 is 0.809. The molecular formula is C19H17N3O3S. The molecule has 3 rings (SSSR count). The third kappa shape index (κ3) is 3.83. The summed E-state index contributed by atoms with van der Waals surface area (Å²) in [4.78, 5) is 42.2. The van der Waals surface area contributed by atoms with Crippen molar-refractivity contribution in [3.05, 3.63) is 64.3 Å². The van der Waals surface area contributed by atoms with Crippen LogP contribution in [0.4, 0.5) is 10.5 Å². The Balaban J connectivity index is 1.71. The Labute approximate surface area is 155 Å². The fraction of sp³-hybridized carbons (Fsp3) is 0.158. The van der Waals surface area contributed by atoms with Crippen molar-refractivity contribution in [1.29, 1.82) is 0 Å². The Morgan fingerprint density at radius 3 is 2.73 bits per heavy atom. The molecule has 0 bridgehead atoms. The van der Waals surface area contributed by atoms with Gasteiger partial charge in [0.2, 0.25) is 5.91 Å². The third-order valence-electron chi connectivity index (χ3n) is 4.02. The van der Waals surface area contributed by atoms with Crippen LogP contribution in [0.5, 0.6) is 0 Å². The molecule has 2 aromatic rings. The first kappa shape index (κ1) is 17.9. The molecule has 0 atom stereocenters. The van der Waals surface area contributed by atoms with Crippen LogP contribution in [0.2, 0.25) is 0 Å². The Kier molecular flexibility index (Phi) is 5.18. The van der Waals surface area contributed by atoms with E-state index in [9.17, 15) is 14.4 Å². The summed E-state index contributed by atoms with van der Waals surface area (Å²) in [7, 11) is 0. The van der Waals surface area contributed by atoms with Crippen molar-refractivity contribution in [3.8, 4) is 0 Å². The molecule has 1 aliphatic rings. The number of pyridine rings is 1.